The molecule has 1 amide bonds. The lowest BCUT2D eigenvalue weighted by Crippen LogP contribution is -2.15. The van der Waals surface area contributed by atoms with Crippen LogP contribution in [0.2, 0.25) is 0 Å². The number of benzene rings is 2. The molecule has 0 atom stereocenters. The predicted octanol–water partition coefficient (Wildman–Crippen LogP) is 2.69. The van der Waals surface area contributed by atoms with Crippen molar-refractivity contribution in [2.24, 2.45) is 5.73 Å². The van der Waals surface area contributed by atoms with Crippen LogP contribution in [0, 0.1) is 13.8 Å². The van der Waals surface area contributed by atoms with Crippen molar-refractivity contribution in [3.05, 3.63) is 70.3 Å². The second kappa shape index (κ2) is 6.35. The second-order valence-electron chi connectivity index (χ2n) is 5.10. The first-order chi connectivity index (χ1) is 9.56. The Labute approximate surface area is 119 Å². The summed E-state index contributed by atoms with van der Waals surface area (Å²) in [6, 6.07) is 14.0. The summed E-state index contributed by atoms with van der Waals surface area (Å²) >= 11 is 0. The first-order valence-corrected chi connectivity index (χ1v) is 6.72. The third kappa shape index (κ3) is 3.68. The van der Waals surface area contributed by atoms with E-state index in [9.17, 15) is 4.79 Å². The SMILES string of the molecule is Cc1cccc(CNCc2ccc(C(N)=O)cc2C)c1. The Balaban J connectivity index is 1.96. The van der Waals surface area contributed by atoms with Crippen LogP contribution in [-0.4, -0.2) is 5.91 Å². The molecule has 3 nitrogen and oxygen atoms in total. The minimum atomic E-state index is -0.382. The van der Waals surface area contributed by atoms with Gasteiger partial charge >= 0.3 is 0 Å². The minimum Gasteiger partial charge on any atom is -0.366 e. The number of amides is 1. The third-order valence-electron chi connectivity index (χ3n) is 3.35. The van der Waals surface area contributed by atoms with Gasteiger partial charge in [-0.05, 0) is 42.7 Å². The summed E-state index contributed by atoms with van der Waals surface area (Å²) < 4.78 is 0. The molecule has 0 aliphatic rings. The van der Waals surface area contributed by atoms with E-state index in [4.69, 9.17) is 5.73 Å². The number of hydrogen-bond acceptors (Lipinski definition) is 2. The molecule has 0 aromatic heterocycles. The fourth-order valence-electron chi connectivity index (χ4n) is 2.21. The highest BCUT2D eigenvalue weighted by molar-refractivity contribution is 5.93. The van der Waals surface area contributed by atoms with Gasteiger partial charge < -0.3 is 11.1 Å². The normalized spacial score (nSPS) is 10.5. The van der Waals surface area contributed by atoms with Gasteiger partial charge in [0.25, 0.3) is 0 Å². The van der Waals surface area contributed by atoms with Gasteiger partial charge in [0.1, 0.15) is 0 Å². The lowest BCUT2D eigenvalue weighted by molar-refractivity contribution is 0.1000. The van der Waals surface area contributed by atoms with Crippen molar-refractivity contribution in [2.45, 2.75) is 26.9 Å². The molecular formula is C17H20N2O. The van der Waals surface area contributed by atoms with E-state index in [1.807, 2.05) is 19.1 Å². The van der Waals surface area contributed by atoms with Crippen LogP contribution < -0.4 is 11.1 Å². The number of carbonyl (C=O) groups is 1. The van der Waals surface area contributed by atoms with Gasteiger partial charge in [-0.25, -0.2) is 0 Å². The zero-order chi connectivity index (χ0) is 14.5. The molecule has 0 unspecified atom stereocenters. The molecule has 0 saturated carbocycles. The summed E-state index contributed by atoms with van der Waals surface area (Å²) in [5, 5.41) is 3.42. The van der Waals surface area contributed by atoms with E-state index in [1.165, 1.54) is 16.7 Å². The van der Waals surface area contributed by atoms with E-state index in [-0.39, 0.29) is 5.91 Å². The lowest BCUT2D eigenvalue weighted by atomic mass is 10.0. The van der Waals surface area contributed by atoms with E-state index in [1.54, 1.807) is 6.07 Å². The van der Waals surface area contributed by atoms with Crippen molar-refractivity contribution in [1.29, 1.82) is 0 Å². The minimum absolute atomic E-state index is 0.382. The van der Waals surface area contributed by atoms with Crippen molar-refractivity contribution in [3.63, 3.8) is 0 Å². The number of carbonyl (C=O) groups excluding carboxylic acids is 1. The first-order valence-electron chi connectivity index (χ1n) is 6.72. The monoisotopic (exact) mass is 268 g/mol. The maximum Gasteiger partial charge on any atom is 0.248 e. The smallest absolute Gasteiger partial charge is 0.248 e. The van der Waals surface area contributed by atoms with Crippen molar-refractivity contribution in [1.82, 2.24) is 5.32 Å². The molecule has 104 valence electrons. The molecule has 2 aromatic rings. The molecule has 0 spiro atoms. The molecule has 0 saturated heterocycles. The third-order valence-corrected chi connectivity index (χ3v) is 3.35. The van der Waals surface area contributed by atoms with Gasteiger partial charge in [-0.1, -0.05) is 35.9 Å². The Morgan fingerprint density at radius 3 is 2.55 bits per heavy atom. The van der Waals surface area contributed by atoms with Crippen molar-refractivity contribution in [2.75, 3.05) is 0 Å². The summed E-state index contributed by atoms with van der Waals surface area (Å²) in [4.78, 5) is 11.1. The van der Waals surface area contributed by atoms with Crippen molar-refractivity contribution >= 4 is 5.91 Å². The fourth-order valence-corrected chi connectivity index (χ4v) is 2.21. The van der Waals surface area contributed by atoms with Crippen LogP contribution in [0.25, 0.3) is 0 Å². The number of nitrogens with two attached hydrogens (primary N) is 1. The second-order valence-corrected chi connectivity index (χ2v) is 5.10. The largest absolute Gasteiger partial charge is 0.366 e. The van der Waals surface area contributed by atoms with Gasteiger partial charge in [-0.15, -0.1) is 0 Å². The summed E-state index contributed by atoms with van der Waals surface area (Å²) in [5.74, 6) is -0.382. The van der Waals surface area contributed by atoms with Crippen molar-refractivity contribution < 1.29 is 4.79 Å². The predicted molar refractivity (Wildman–Crippen MR) is 81.4 cm³/mol. The Morgan fingerprint density at radius 1 is 1.10 bits per heavy atom. The molecule has 2 rings (SSSR count). The van der Waals surface area contributed by atoms with Crippen molar-refractivity contribution in [3.8, 4) is 0 Å². The lowest BCUT2D eigenvalue weighted by Gasteiger charge is -2.09. The number of nitrogens with one attached hydrogen (secondary N) is 1. The molecular weight excluding hydrogens is 248 g/mol. The highest BCUT2D eigenvalue weighted by Gasteiger charge is 2.04. The Hall–Kier alpha value is -2.13. The zero-order valence-electron chi connectivity index (χ0n) is 11.9. The Morgan fingerprint density at radius 2 is 1.90 bits per heavy atom. The highest BCUT2D eigenvalue weighted by Crippen LogP contribution is 2.11. The topological polar surface area (TPSA) is 55.1 Å². The summed E-state index contributed by atoms with van der Waals surface area (Å²) in [6.45, 7) is 5.70. The van der Waals surface area contributed by atoms with Gasteiger partial charge in [0.05, 0.1) is 0 Å². The molecule has 3 heteroatoms. The van der Waals surface area contributed by atoms with E-state index in [0.717, 1.165) is 18.7 Å². The standard InChI is InChI=1S/C17H20N2O/c1-12-4-3-5-14(8-12)10-19-11-16-7-6-15(17(18)20)9-13(16)2/h3-9,19H,10-11H2,1-2H3,(H2,18,20). The van der Waals surface area contributed by atoms with Crippen LogP contribution >= 0.6 is 0 Å². The highest BCUT2D eigenvalue weighted by atomic mass is 16.1. The number of primary amides is 1. The van der Waals surface area contributed by atoms with Gasteiger partial charge in [-0.3, -0.25) is 4.79 Å². The molecule has 20 heavy (non-hydrogen) atoms. The van der Waals surface area contributed by atoms with E-state index in [0.29, 0.717) is 5.56 Å². The van der Waals surface area contributed by atoms with Crippen LogP contribution in [-0.2, 0) is 13.1 Å². The van der Waals surface area contributed by atoms with E-state index >= 15 is 0 Å². The van der Waals surface area contributed by atoms with Gasteiger partial charge in [0.2, 0.25) is 5.91 Å². The average Bonchev–Trinajstić information content (AvgIpc) is 2.40. The van der Waals surface area contributed by atoms with Crippen LogP contribution in [0.3, 0.4) is 0 Å². The molecule has 3 N–H and O–H groups in total. The van der Waals surface area contributed by atoms with E-state index in [2.05, 4.69) is 36.5 Å². The Bertz CT molecular complexity index is 620. The molecule has 2 aromatic carbocycles. The maximum atomic E-state index is 11.1. The van der Waals surface area contributed by atoms with E-state index < -0.39 is 0 Å². The molecule has 0 aliphatic heterocycles. The van der Waals surface area contributed by atoms with Crippen LogP contribution in [0.5, 0.6) is 0 Å². The first kappa shape index (κ1) is 14.3. The summed E-state index contributed by atoms with van der Waals surface area (Å²) in [7, 11) is 0. The quantitative estimate of drug-likeness (QED) is 0.876. The molecule has 0 heterocycles. The number of aryl methyl sites for hydroxylation is 2. The molecule has 0 fully saturated rings. The summed E-state index contributed by atoms with van der Waals surface area (Å²) in [5.41, 5.74) is 10.6. The number of rotatable bonds is 5. The molecule has 0 bridgehead atoms. The van der Waals surface area contributed by atoms with Crippen LogP contribution in [0.1, 0.15) is 32.6 Å². The zero-order valence-corrected chi connectivity index (χ0v) is 11.9. The van der Waals surface area contributed by atoms with Gasteiger partial charge in [0.15, 0.2) is 0 Å². The van der Waals surface area contributed by atoms with Crippen LogP contribution in [0.15, 0.2) is 42.5 Å². The fraction of sp³-hybridized carbons (Fsp3) is 0.235. The molecule has 0 aliphatic carbocycles. The Kier molecular flexibility index (Phi) is 4.53. The summed E-state index contributed by atoms with van der Waals surface area (Å²) in [6.07, 6.45) is 0. The number of hydrogen-bond donors (Lipinski definition) is 2. The molecule has 0 radical (unpaired) electrons. The van der Waals surface area contributed by atoms with Crippen LogP contribution in [0.4, 0.5) is 0 Å². The average molecular weight is 268 g/mol. The van der Waals surface area contributed by atoms with Gasteiger partial charge in [0, 0.05) is 18.7 Å². The van der Waals surface area contributed by atoms with Gasteiger partial charge in [-0.2, -0.15) is 0 Å². The maximum absolute atomic E-state index is 11.1.